The second-order valence-corrected chi connectivity index (χ2v) is 6.76. The van der Waals surface area contributed by atoms with Crippen LogP contribution in [0.4, 0.5) is 0 Å². The molecule has 1 aromatic heterocycles. The third kappa shape index (κ3) is 2.94. The first-order valence-electron chi connectivity index (χ1n) is 7.59. The van der Waals surface area contributed by atoms with E-state index in [1.165, 1.54) is 0 Å². The van der Waals surface area contributed by atoms with Crippen LogP contribution in [-0.4, -0.2) is 22.2 Å². The lowest BCUT2D eigenvalue weighted by Gasteiger charge is -2.23. The SMILES string of the molecule is CCC(=O)Cc1c(Cl)cc2c(cnn2C2CCCCO2)c1Br. The Morgan fingerprint density at radius 1 is 1.55 bits per heavy atom. The minimum absolute atomic E-state index is 0.0302. The molecule has 2 aromatic rings. The Labute approximate surface area is 142 Å². The van der Waals surface area contributed by atoms with Crippen molar-refractivity contribution in [2.45, 2.75) is 45.3 Å². The normalized spacial score (nSPS) is 18.8. The van der Waals surface area contributed by atoms with Crippen molar-refractivity contribution in [1.29, 1.82) is 0 Å². The predicted octanol–water partition coefficient (Wildman–Crippen LogP) is 4.67. The van der Waals surface area contributed by atoms with Gasteiger partial charge in [0.1, 0.15) is 5.78 Å². The molecule has 0 radical (unpaired) electrons. The summed E-state index contributed by atoms with van der Waals surface area (Å²) in [5.74, 6) is 0.171. The summed E-state index contributed by atoms with van der Waals surface area (Å²) in [6.45, 7) is 2.63. The van der Waals surface area contributed by atoms with Crippen LogP contribution in [-0.2, 0) is 16.0 Å². The molecule has 0 bridgehead atoms. The molecule has 0 spiro atoms. The first kappa shape index (κ1) is 16.0. The molecule has 0 aliphatic carbocycles. The number of ketones is 1. The number of hydrogen-bond acceptors (Lipinski definition) is 3. The topological polar surface area (TPSA) is 44.1 Å². The minimum Gasteiger partial charge on any atom is -0.356 e. The maximum absolute atomic E-state index is 11.8. The lowest BCUT2D eigenvalue weighted by Crippen LogP contribution is -2.19. The molecule has 22 heavy (non-hydrogen) atoms. The van der Waals surface area contributed by atoms with E-state index in [4.69, 9.17) is 16.3 Å². The van der Waals surface area contributed by atoms with E-state index in [2.05, 4.69) is 21.0 Å². The van der Waals surface area contributed by atoms with Crippen LogP contribution in [0.1, 0.15) is 44.4 Å². The maximum Gasteiger partial charge on any atom is 0.150 e. The summed E-state index contributed by atoms with van der Waals surface area (Å²) in [6.07, 6.45) is 5.84. The molecule has 1 aliphatic heterocycles. The van der Waals surface area contributed by atoms with Crippen molar-refractivity contribution < 1.29 is 9.53 Å². The summed E-state index contributed by atoms with van der Waals surface area (Å²) in [4.78, 5) is 11.8. The van der Waals surface area contributed by atoms with E-state index in [-0.39, 0.29) is 12.0 Å². The number of halogens is 2. The summed E-state index contributed by atoms with van der Waals surface area (Å²) in [6, 6.07) is 1.89. The molecule has 0 N–H and O–H groups in total. The molecule has 1 aromatic carbocycles. The van der Waals surface area contributed by atoms with Crippen molar-refractivity contribution in [3.63, 3.8) is 0 Å². The highest BCUT2D eigenvalue weighted by molar-refractivity contribution is 9.10. The Balaban J connectivity index is 2.04. The van der Waals surface area contributed by atoms with Gasteiger partial charge < -0.3 is 4.74 Å². The molecular weight excluding hydrogens is 368 g/mol. The number of fused-ring (bicyclic) bond motifs is 1. The van der Waals surface area contributed by atoms with Crippen LogP contribution in [0.3, 0.4) is 0 Å². The van der Waals surface area contributed by atoms with Crippen molar-refractivity contribution >= 4 is 44.2 Å². The van der Waals surface area contributed by atoms with Crippen LogP contribution in [0.25, 0.3) is 10.9 Å². The van der Waals surface area contributed by atoms with Crippen molar-refractivity contribution in [3.8, 4) is 0 Å². The Kier molecular flexibility index (Phi) is 4.85. The van der Waals surface area contributed by atoms with Gasteiger partial charge in [0.25, 0.3) is 0 Å². The fourth-order valence-corrected chi connectivity index (χ4v) is 3.83. The molecule has 3 rings (SSSR count). The number of rotatable bonds is 4. The van der Waals surface area contributed by atoms with E-state index in [1.54, 1.807) is 0 Å². The molecule has 1 saturated heterocycles. The van der Waals surface area contributed by atoms with Gasteiger partial charge in [0.2, 0.25) is 0 Å². The second-order valence-electron chi connectivity index (χ2n) is 5.56. The Bertz CT molecular complexity index is 708. The number of carbonyl (C=O) groups excluding carboxylic acids is 1. The van der Waals surface area contributed by atoms with Gasteiger partial charge in [-0.15, -0.1) is 0 Å². The second kappa shape index (κ2) is 6.69. The van der Waals surface area contributed by atoms with Gasteiger partial charge in [0.15, 0.2) is 6.23 Å². The number of nitrogens with zero attached hydrogens (tertiary/aromatic N) is 2. The van der Waals surface area contributed by atoms with Gasteiger partial charge >= 0.3 is 0 Å². The van der Waals surface area contributed by atoms with E-state index < -0.39 is 0 Å². The fourth-order valence-electron chi connectivity index (χ4n) is 2.79. The monoisotopic (exact) mass is 384 g/mol. The molecule has 1 aliphatic rings. The lowest BCUT2D eigenvalue weighted by atomic mass is 10.1. The number of benzene rings is 1. The van der Waals surface area contributed by atoms with Gasteiger partial charge in [-0.1, -0.05) is 18.5 Å². The molecule has 1 fully saturated rings. The summed E-state index contributed by atoms with van der Waals surface area (Å²) in [5, 5.41) is 6.05. The largest absolute Gasteiger partial charge is 0.356 e. The highest BCUT2D eigenvalue weighted by atomic mass is 79.9. The smallest absolute Gasteiger partial charge is 0.150 e. The molecule has 0 amide bonds. The quantitative estimate of drug-likeness (QED) is 0.768. The highest BCUT2D eigenvalue weighted by Crippen LogP contribution is 2.36. The Morgan fingerprint density at radius 3 is 3.05 bits per heavy atom. The van der Waals surface area contributed by atoms with Gasteiger partial charge in [0, 0.05) is 34.3 Å². The van der Waals surface area contributed by atoms with Crippen LogP contribution < -0.4 is 0 Å². The molecule has 4 nitrogen and oxygen atoms in total. The molecule has 0 saturated carbocycles. The third-order valence-electron chi connectivity index (χ3n) is 4.08. The molecule has 2 heterocycles. The fraction of sp³-hybridized carbons (Fsp3) is 0.500. The Hall–Kier alpha value is -0.910. The molecule has 1 unspecified atom stereocenters. The van der Waals surface area contributed by atoms with E-state index in [9.17, 15) is 4.79 Å². The number of aromatic nitrogens is 2. The molecule has 1 atom stereocenters. The van der Waals surface area contributed by atoms with Gasteiger partial charge in [-0.3, -0.25) is 4.79 Å². The van der Waals surface area contributed by atoms with E-state index in [0.29, 0.717) is 17.9 Å². The van der Waals surface area contributed by atoms with Gasteiger partial charge in [-0.25, -0.2) is 4.68 Å². The van der Waals surface area contributed by atoms with Gasteiger partial charge in [-0.2, -0.15) is 5.10 Å². The minimum atomic E-state index is -0.0302. The zero-order chi connectivity index (χ0) is 15.7. The summed E-state index contributed by atoms with van der Waals surface area (Å²) in [7, 11) is 0. The number of carbonyl (C=O) groups is 1. The van der Waals surface area contributed by atoms with E-state index >= 15 is 0 Å². The zero-order valence-electron chi connectivity index (χ0n) is 12.4. The first-order chi connectivity index (χ1) is 10.6. The molecule has 6 heteroatoms. The van der Waals surface area contributed by atoms with Crippen LogP contribution in [0.15, 0.2) is 16.7 Å². The van der Waals surface area contributed by atoms with Crippen molar-refractivity contribution in [1.82, 2.24) is 9.78 Å². The Morgan fingerprint density at radius 2 is 2.36 bits per heavy atom. The van der Waals surface area contributed by atoms with Crippen molar-refractivity contribution in [2.24, 2.45) is 0 Å². The van der Waals surface area contributed by atoms with Crippen LogP contribution >= 0.6 is 27.5 Å². The molecule has 118 valence electrons. The lowest BCUT2D eigenvalue weighted by molar-refractivity contribution is -0.118. The predicted molar refractivity (Wildman–Crippen MR) is 90.3 cm³/mol. The van der Waals surface area contributed by atoms with Crippen LogP contribution in [0, 0.1) is 0 Å². The van der Waals surface area contributed by atoms with E-state index in [1.807, 2.05) is 23.9 Å². The molecular formula is C16H18BrClN2O2. The summed E-state index contributed by atoms with van der Waals surface area (Å²) >= 11 is 10.0. The standard InChI is InChI=1S/C16H18BrClN2O2/c1-2-10(21)7-11-13(18)8-14-12(16(11)17)9-19-20(14)15-5-3-4-6-22-15/h8-9,15H,2-7H2,1H3. The zero-order valence-corrected chi connectivity index (χ0v) is 14.8. The van der Waals surface area contributed by atoms with Crippen LogP contribution in [0.5, 0.6) is 0 Å². The average molecular weight is 386 g/mol. The van der Waals surface area contributed by atoms with Gasteiger partial charge in [-0.05, 0) is 46.8 Å². The maximum atomic E-state index is 11.8. The summed E-state index contributed by atoms with van der Waals surface area (Å²) < 4.78 is 8.57. The van der Waals surface area contributed by atoms with Gasteiger partial charge in [0.05, 0.1) is 11.7 Å². The third-order valence-corrected chi connectivity index (χ3v) is 5.33. The van der Waals surface area contributed by atoms with Crippen molar-refractivity contribution in [3.05, 3.63) is 27.3 Å². The number of hydrogen-bond donors (Lipinski definition) is 0. The van der Waals surface area contributed by atoms with Crippen molar-refractivity contribution in [2.75, 3.05) is 6.61 Å². The number of ether oxygens (including phenoxy) is 1. The summed E-state index contributed by atoms with van der Waals surface area (Å²) in [5.41, 5.74) is 1.78. The highest BCUT2D eigenvalue weighted by Gasteiger charge is 2.21. The average Bonchev–Trinajstić information content (AvgIpc) is 2.95. The van der Waals surface area contributed by atoms with E-state index in [0.717, 1.165) is 46.8 Å². The van der Waals surface area contributed by atoms with Crippen LogP contribution in [0.2, 0.25) is 5.02 Å². The first-order valence-corrected chi connectivity index (χ1v) is 8.76. The number of Topliss-reactive ketones (excluding diaryl/α,β-unsaturated/α-hetero) is 1.